The molecule has 0 radical (unpaired) electrons. The quantitative estimate of drug-likeness (QED) is 0.776. The van der Waals surface area contributed by atoms with E-state index in [2.05, 4.69) is 32.5 Å². The van der Waals surface area contributed by atoms with E-state index in [9.17, 15) is 0 Å². The number of hydrogen-bond donors (Lipinski definition) is 1. The molecule has 0 spiro atoms. The van der Waals surface area contributed by atoms with Crippen molar-refractivity contribution < 1.29 is 0 Å². The van der Waals surface area contributed by atoms with Gasteiger partial charge in [-0.2, -0.15) is 5.10 Å². The largest absolute Gasteiger partial charge is 0.322 e. The van der Waals surface area contributed by atoms with Crippen molar-refractivity contribution in [3.8, 4) is 5.69 Å². The van der Waals surface area contributed by atoms with Crippen LogP contribution in [0.25, 0.3) is 5.69 Å². The van der Waals surface area contributed by atoms with Gasteiger partial charge in [0.15, 0.2) is 0 Å². The van der Waals surface area contributed by atoms with Crippen molar-refractivity contribution >= 4 is 27.3 Å². The summed E-state index contributed by atoms with van der Waals surface area (Å²) < 4.78 is 2.99. The molecule has 0 aliphatic heterocycles. The van der Waals surface area contributed by atoms with E-state index < -0.39 is 0 Å². The summed E-state index contributed by atoms with van der Waals surface area (Å²) in [6.45, 7) is 0. The minimum atomic E-state index is -0.0880. The molecule has 0 saturated heterocycles. The van der Waals surface area contributed by atoms with Gasteiger partial charge >= 0.3 is 0 Å². The van der Waals surface area contributed by atoms with Crippen molar-refractivity contribution in [2.24, 2.45) is 5.73 Å². The van der Waals surface area contributed by atoms with Gasteiger partial charge in [-0.15, -0.1) is 11.3 Å². The van der Waals surface area contributed by atoms with E-state index in [0.717, 1.165) is 22.3 Å². The minimum absolute atomic E-state index is 0.0880. The summed E-state index contributed by atoms with van der Waals surface area (Å²) in [7, 11) is 0. The Morgan fingerprint density at radius 1 is 1.20 bits per heavy atom. The summed E-state index contributed by atoms with van der Waals surface area (Å²) in [4.78, 5) is 1.26. The fourth-order valence-corrected chi connectivity index (χ4v) is 3.61. The summed E-state index contributed by atoms with van der Waals surface area (Å²) in [6, 6.07) is 14.0. The smallest absolute Gasteiger partial charge is 0.0799 e. The van der Waals surface area contributed by atoms with E-state index in [-0.39, 0.29) is 6.04 Å². The molecule has 2 N–H and O–H groups in total. The Morgan fingerprint density at radius 2 is 2.00 bits per heavy atom. The van der Waals surface area contributed by atoms with Gasteiger partial charge in [-0.3, -0.25) is 0 Å². The van der Waals surface area contributed by atoms with Crippen molar-refractivity contribution in [2.45, 2.75) is 12.5 Å². The number of hydrogen-bond acceptors (Lipinski definition) is 3. The lowest BCUT2D eigenvalue weighted by Gasteiger charge is -2.08. The molecule has 2 aromatic heterocycles. The predicted molar refractivity (Wildman–Crippen MR) is 86.2 cm³/mol. The maximum atomic E-state index is 6.26. The van der Waals surface area contributed by atoms with Crippen molar-refractivity contribution in [3.63, 3.8) is 0 Å². The van der Waals surface area contributed by atoms with Gasteiger partial charge in [-0.25, -0.2) is 4.68 Å². The normalized spacial score (nSPS) is 12.5. The van der Waals surface area contributed by atoms with E-state index >= 15 is 0 Å². The van der Waals surface area contributed by atoms with E-state index in [1.807, 2.05) is 47.3 Å². The molecular weight excluding hydrogens is 334 g/mol. The second-order valence-corrected chi connectivity index (χ2v) is 6.38. The van der Waals surface area contributed by atoms with Gasteiger partial charge < -0.3 is 5.73 Å². The van der Waals surface area contributed by atoms with Crippen LogP contribution >= 0.6 is 27.3 Å². The molecule has 0 aliphatic carbocycles. The van der Waals surface area contributed by atoms with E-state index in [1.165, 1.54) is 4.88 Å². The van der Waals surface area contributed by atoms with Crippen LogP contribution in [0.2, 0.25) is 0 Å². The molecule has 5 heteroatoms. The average molecular weight is 348 g/mol. The first kappa shape index (κ1) is 13.5. The second-order valence-electron chi connectivity index (χ2n) is 4.52. The van der Waals surface area contributed by atoms with Crippen LogP contribution in [-0.4, -0.2) is 9.78 Å². The van der Waals surface area contributed by atoms with Crippen LogP contribution in [0.1, 0.15) is 16.6 Å². The minimum Gasteiger partial charge on any atom is -0.322 e. The number of benzene rings is 1. The van der Waals surface area contributed by atoms with E-state index in [4.69, 9.17) is 5.73 Å². The number of nitrogens with two attached hydrogens (primary N) is 1. The van der Waals surface area contributed by atoms with Crippen molar-refractivity contribution in [1.29, 1.82) is 0 Å². The topological polar surface area (TPSA) is 43.8 Å². The van der Waals surface area contributed by atoms with Crippen molar-refractivity contribution in [3.05, 3.63) is 69.1 Å². The Labute approximate surface area is 130 Å². The summed E-state index contributed by atoms with van der Waals surface area (Å²) in [5.41, 5.74) is 8.21. The maximum Gasteiger partial charge on any atom is 0.0799 e. The van der Waals surface area contributed by atoms with Crippen molar-refractivity contribution in [1.82, 2.24) is 9.78 Å². The van der Waals surface area contributed by atoms with Crippen LogP contribution in [0.3, 0.4) is 0 Å². The Hall–Kier alpha value is -1.43. The zero-order valence-corrected chi connectivity index (χ0v) is 13.1. The third-order valence-corrected chi connectivity index (χ3v) is 5.06. The Balaban J connectivity index is 1.78. The number of rotatable bonds is 4. The van der Waals surface area contributed by atoms with E-state index in [0.29, 0.717) is 0 Å². The third-order valence-electron chi connectivity index (χ3n) is 3.11. The van der Waals surface area contributed by atoms with Gasteiger partial charge in [0.2, 0.25) is 0 Å². The molecule has 3 aromatic rings. The molecule has 1 unspecified atom stereocenters. The Morgan fingerprint density at radius 3 is 2.70 bits per heavy atom. The summed E-state index contributed by atoms with van der Waals surface area (Å²) in [6.07, 6.45) is 2.75. The number of para-hydroxylation sites is 1. The lowest BCUT2D eigenvalue weighted by molar-refractivity contribution is 0.682. The fraction of sp³-hybridized carbons (Fsp3) is 0.133. The molecule has 20 heavy (non-hydrogen) atoms. The monoisotopic (exact) mass is 347 g/mol. The lowest BCUT2D eigenvalue weighted by atomic mass is 10.1. The molecule has 0 bridgehead atoms. The predicted octanol–water partition coefficient (Wildman–Crippen LogP) is 3.94. The summed E-state index contributed by atoms with van der Waals surface area (Å²) >= 11 is 5.25. The van der Waals surface area contributed by atoms with Crippen molar-refractivity contribution in [2.75, 3.05) is 0 Å². The Kier molecular flexibility index (Phi) is 4.00. The Bertz CT molecular complexity index is 690. The molecule has 1 aromatic carbocycles. The van der Waals surface area contributed by atoms with Gasteiger partial charge in [-0.1, -0.05) is 18.2 Å². The third kappa shape index (κ3) is 2.85. The van der Waals surface area contributed by atoms with E-state index in [1.54, 1.807) is 11.3 Å². The standard InChI is InChI=1S/C15H14BrN3S/c16-12-7-9-20-15(12)10-13(17)14-6-8-19(18-14)11-4-2-1-3-5-11/h1-9,13H,10,17H2. The number of nitrogens with zero attached hydrogens (tertiary/aromatic N) is 2. The summed E-state index contributed by atoms with van der Waals surface area (Å²) in [5, 5.41) is 6.64. The maximum absolute atomic E-state index is 6.26. The first-order chi connectivity index (χ1) is 9.74. The number of aromatic nitrogens is 2. The average Bonchev–Trinajstić information content (AvgIpc) is 3.10. The summed E-state index contributed by atoms with van der Waals surface area (Å²) in [5.74, 6) is 0. The highest BCUT2D eigenvalue weighted by molar-refractivity contribution is 9.10. The van der Waals surface area contributed by atoms with Crippen LogP contribution < -0.4 is 5.73 Å². The first-order valence-corrected chi connectivity index (χ1v) is 8.00. The highest BCUT2D eigenvalue weighted by Gasteiger charge is 2.13. The van der Waals surface area contributed by atoms with Gasteiger partial charge in [0.25, 0.3) is 0 Å². The second kappa shape index (κ2) is 5.91. The van der Waals surface area contributed by atoms with Crippen LogP contribution in [0, 0.1) is 0 Å². The van der Waals surface area contributed by atoms with Crippen LogP contribution in [-0.2, 0) is 6.42 Å². The molecule has 102 valence electrons. The molecule has 3 nitrogen and oxygen atoms in total. The first-order valence-electron chi connectivity index (χ1n) is 6.32. The molecule has 0 amide bonds. The van der Waals surface area contributed by atoms with Gasteiger partial charge in [0.05, 0.1) is 17.4 Å². The van der Waals surface area contributed by atoms with Crippen LogP contribution in [0.15, 0.2) is 58.5 Å². The SMILES string of the molecule is NC(Cc1sccc1Br)c1ccn(-c2ccccc2)n1. The molecule has 0 fully saturated rings. The van der Waals surface area contributed by atoms with Gasteiger partial charge in [0.1, 0.15) is 0 Å². The van der Waals surface area contributed by atoms with Gasteiger partial charge in [-0.05, 0) is 45.6 Å². The number of thiophene rings is 1. The zero-order valence-electron chi connectivity index (χ0n) is 10.7. The fourth-order valence-electron chi connectivity index (χ4n) is 2.04. The number of halogens is 1. The molecular formula is C15H14BrN3S. The zero-order chi connectivity index (χ0) is 13.9. The highest BCUT2D eigenvalue weighted by atomic mass is 79.9. The molecule has 0 aliphatic rings. The molecule has 1 atom stereocenters. The highest BCUT2D eigenvalue weighted by Crippen LogP contribution is 2.27. The molecule has 2 heterocycles. The lowest BCUT2D eigenvalue weighted by Crippen LogP contribution is -2.14. The van der Waals surface area contributed by atoms with Crippen LogP contribution in [0.5, 0.6) is 0 Å². The van der Waals surface area contributed by atoms with Gasteiger partial charge in [0, 0.05) is 22.0 Å². The van der Waals surface area contributed by atoms with Crippen LogP contribution in [0.4, 0.5) is 0 Å². The molecule has 3 rings (SSSR count). The molecule has 0 saturated carbocycles.